The molecule has 4 rings (SSSR count). The topological polar surface area (TPSA) is 111 Å². The Morgan fingerprint density at radius 1 is 1.19 bits per heavy atom. The van der Waals surface area contributed by atoms with Gasteiger partial charge in [-0.25, -0.2) is 9.97 Å². The maximum atomic E-state index is 13.2. The normalized spacial score (nSPS) is 28.1. The Kier molecular flexibility index (Phi) is 7.42. The largest absolute Gasteiger partial charge is 0.489 e. The van der Waals surface area contributed by atoms with Gasteiger partial charge in [-0.3, -0.25) is 4.79 Å². The van der Waals surface area contributed by atoms with Gasteiger partial charge in [0.1, 0.15) is 17.9 Å². The lowest BCUT2D eigenvalue weighted by Gasteiger charge is -2.63. The highest BCUT2D eigenvalue weighted by Crippen LogP contribution is 2.55. The van der Waals surface area contributed by atoms with Crippen molar-refractivity contribution < 1.29 is 14.6 Å². The van der Waals surface area contributed by atoms with Crippen molar-refractivity contribution in [3.63, 3.8) is 0 Å². The Morgan fingerprint density at radius 2 is 1.78 bits per heavy atom. The molecule has 0 bridgehead atoms. The third kappa shape index (κ3) is 4.99. The highest BCUT2D eigenvalue weighted by molar-refractivity contribution is 6.31. The first-order valence-electron chi connectivity index (χ1n) is 12.8. The zero-order chi connectivity index (χ0) is 27.1. The molecule has 3 atom stereocenters. The van der Waals surface area contributed by atoms with Crippen LogP contribution >= 0.6 is 11.6 Å². The molecule has 1 aromatic carbocycles. The van der Waals surface area contributed by atoms with Crippen molar-refractivity contribution >= 4 is 23.5 Å². The smallest absolute Gasteiger partial charge is 0.254 e. The summed E-state index contributed by atoms with van der Waals surface area (Å²) in [5.74, 6) is 1.27. The van der Waals surface area contributed by atoms with Gasteiger partial charge < -0.3 is 20.1 Å². The van der Waals surface area contributed by atoms with E-state index < -0.39 is 0 Å². The van der Waals surface area contributed by atoms with Crippen molar-refractivity contribution in [1.29, 1.82) is 5.26 Å². The Bertz CT molecular complexity index is 1170. The molecule has 2 fully saturated rings. The van der Waals surface area contributed by atoms with Gasteiger partial charge >= 0.3 is 0 Å². The van der Waals surface area contributed by atoms with E-state index in [2.05, 4.69) is 67.8 Å². The summed E-state index contributed by atoms with van der Waals surface area (Å²) in [4.78, 5) is 24.4. The lowest BCUT2D eigenvalue weighted by molar-refractivity contribution is -0.164. The number of rotatable bonds is 6. The van der Waals surface area contributed by atoms with Crippen molar-refractivity contribution in [2.75, 3.05) is 11.5 Å². The van der Waals surface area contributed by atoms with Crippen LogP contribution in [0.25, 0.3) is 0 Å². The van der Waals surface area contributed by atoms with Gasteiger partial charge in [-0.05, 0) is 44.7 Å². The summed E-state index contributed by atoms with van der Waals surface area (Å²) in [5, 5.41) is 22.2. The van der Waals surface area contributed by atoms with E-state index in [1.165, 1.54) is 0 Å². The number of aromatic nitrogens is 2. The summed E-state index contributed by atoms with van der Waals surface area (Å²) in [6.07, 6.45) is 4.76. The molecular weight excluding hydrogens is 490 g/mol. The van der Waals surface area contributed by atoms with Crippen molar-refractivity contribution in [1.82, 2.24) is 15.3 Å². The second-order valence-corrected chi connectivity index (χ2v) is 12.1. The Labute approximate surface area is 224 Å². The number of anilines is 1. The molecule has 1 aliphatic heterocycles. The first-order valence-corrected chi connectivity index (χ1v) is 13.2. The standard InChI is InChI=1S/C28H36ClN5O3/c1-16-9-18(15-35)10-17(2)34(16)26-31-13-20(14-32-26)23(36)33-24-27(3,4)25(28(24,5)6)37-21-8-7-19(12-30)22(29)11-21/h7-8,11,13-14,16-18,24-25,35H,9-10,15H2,1-6H3,(H,33,36)/t16-,17+,18+,24-,25-. The summed E-state index contributed by atoms with van der Waals surface area (Å²) in [7, 11) is 0. The molecule has 198 valence electrons. The number of aliphatic hydroxyl groups is 1. The van der Waals surface area contributed by atoms with Crippen LogP contribution in [0.15, 0.2) is 30.6 Å². The minimum atomic E-state index is -0.359. The van der Waals surface area contributed by atoms with Gasteiger partial charge in [0, 0.05) is 54.0 Å². The zero-order valence-electron chi connectivity index (χ0n) is 22.3. The fraction of sp³-hybridized carbons (Fsp3) is 0.571. The van der Waals surface area contributed by atoms with Crippen LogP contribution < -0.4 is 15.0 Å². The number of carbonyl (C=O) groups excluding carboxylic acids is 1. The number of nitriles is 1. The summed E-state index contributed by atoms with van der Waals surface area (Å²) >= 11 is 6.19. The quantitative estimate of drug-likeness (QED) is 0.567. The molecule has 2 aliphatic rings. The molecule has 2 heterocycles. The van der Waals surface area contributed by atoms with Crippen LogP contribution in [0.2, 0.25) is 5.02 Å². The van der Waals surface area contributed by atoms with Crippen molar-refractivity contribution in [2.45, 2.75) is 78.6 Å². The summed E-state index contributed by atoms with van der Waals surface area (Å²) < 4.78 is 6.31. The number of nitrogens with one attached hydrogen (secondary N) is 1. The monoisotopic (exact) mass is 525 g/mol. The summed E-state index contributed by atoms with van der Waals surface area (Å²) in [6, 6.07) is 7.37. The summed E-state index contributed by atoms with van der Waals surface area (Å²) in [5.41, 5.74) is 0.0898. The number of ether oxygens (including phenoxy) is 1. The highest BCUT2D eigenvalue weighted by Gasteiger charge is 2.64. The van der Waals surface area contributed by atoms with Crippen LogP contribution in [0.4, 0.5) is 5.95 Å². The van der Waals surface area contributed by atoms with Gasteiger partial charge in [0.25, 0.3) is 5.91 Å². The number of amides is 1. The molecule has 0 radical (unpaired) electrons. The maximum Gasteiger partial charge on any atom is 0.254 e. The molecular formula is C28H36ClN5O3. The average Bonchev–Trinajstić information content (AvgIpc) is 2.85. The van der Waals surface area contributed by atoms with E-state index in [4.69, 9.17) is 21.6 Å². The minimum absolute atomic E-state index is 0.149. The molecule has 1 aliphatic carbocycles. The van der Waals surface area contributed by atoms with E-state index in [-0.39, 0.29) is 47.6 Å². The first-order chi connectivity index (χ1) is 17.4. The van der Waals surface area contributed by atoms with Crippen LogP contribution in [-0.2, 0) is 0 Å². The molecule has 2 N–H and O–H groups in total. The van der Waals surface area contributed by atoms with Crippen LogP contribution in [0.1, 0.15) is 70.3 Å². The SMILES string of the molecule is C[C@@H]1C[C@H](CO)C[C@H](C)N1c1ncc(C(=O)N[C@H]2C(C)(C)[C@H](Oc3ccc(C#N)c(Cl)c3)C2(C)C)cn1. The molecule has 0 unspecified atom stereocenters. The third-order valence-corrected chi connectivity index (χ3v) is 8.43. The van der Waals surface area contributed by atoms with E-state index in [1.54, 1.807) is 30.6 Å². The van der Waals surface area contributed by atoms with Crippen molar-refractivity contribution in [3.8, 4) is 11.8 Å². The molecule has 1 saturated carbocycles. The molecule has 0 spiro atoms. The highest BCUT2D eigenvalue weighted by atomic mass is 35.5. The number of aliphatic hydroxyl groups excluding tert-OH is 1. The fourth-order valence-electron chi connectivity index (χ4n) is 6.65. The number of benzene rings is 1. The van der Waals surface area contributed by atoms with E-state index in [9.17, 15) is 9.90 Å². The number of hydrogen-bond acceptors (Lipinski definition) is 7. The Hall–Kier alpha value is -2.89. The van der Waals surface area contributed by atoms with E-state index >= 15 is 0 Å². The van der Waals surface area contributed by atoms with Crippen LogP contribution in [0.5, 0.6) is 5.75 Å². The first kappa shape index (κ1) is 27.2. The van der Waals surface area contributed by atoms with Gasteiger partial charge in [0.2, 0.25) is 5.95 Å². The second kappa shape index (κ2) is 10.1. The molecule has 1 saturated heterocycles. The van der Waals surface area contributed by atoms with Crippen LogP contribution in [-0.4, -0.2) is 51.8 Å². The fourth-order valence-corrected chi connectivity index (χ4v) is 6.86. The van der Waals surface area contributed by atoms with Gasteiger partial charge in [0.05, 0.1) is 16.1 Å². The number of nitrogens with zero attached hydrogens (tertiary/aromatic N) is 4. The molecule has 8 nitrogen and oxygen atoms in total. The van der Waals surface area contributed by atoms with Crippen LogP contribution in [0, 0.1) is 28.1 Å². The number of halogens is 1. The van der Waals surface area contributed by atoms with Gasteiger partial charge in [0.15, 0.2) is 0 Å². The van der Waals surface area contributed by atoms with Gasteiger partial charge in [-0.15, -0.1) is 0 Å². The van der Waals surface area contributed by atoms with Gasteiger partial charge in [-0.1, -0.05) is 39.3 Å². The van der Waals surface area contributed by atoms with Crippen molar-refractivity contribution in [3.05, 3.63) is 46.7 Å². The molecule has 9 heteroatoms. The van der Waals surface area contributed by atoms with E-state index in [0.29, 0.717) is 33.8 Å². The lowest BCUT2D eigenvalue weighted by Crippen LogP contribution is -2.74. The number of hydrogen-bond donors (Lipinski definition) is 2. The predicted molar refractivity (Wildman–Crippen MR) is 143 cm³/mol. The minimum Gasteiger partial charge on any atom is -0.489 e. The lowest BCUT2D eigenvalue weighted by atomic mass is 9.49. The number of piperidine rings is 1. The summed E-state index contributed by atoms with van der Waals surface area (Å²) in [6.45, 7) is 12.7. The predicted octanol–water partition coefficient (Wildman–Crippen LogP) is 4.60. The molecule has 1 aromatic heterocycles. The molecule has 37 heavy (non-hydrogen) atoms. The third-order valence-electron chi connectivity index (χ3n) is 8.12. The van der Waals surface area contributed by atoms with E-state index in [1.807, 2.05) is 0 Å². The molecule has 2 aromatic rings. The van der Waals surface area contributed by atoms with Crippen molar-refractivity contribution in [2.24, 2.45) is 16.7 Å². The number of carbonyl (C=O) groups is 1. The zero-order valence-corrected chi connectivity index (χ0v) is 23.1. The maximum absolute atomic E-state index is 13.2. The Balaban J connectivity index is 1.43. The van der Waals surface area contributed by atoms with E-state index in [0.717, 1.165) is 12.8 Å². The van der Waals surface area contributed by atoms with Crippen LogP contribution in [0.3, 0.4) is 0 Å². The van der Waals surface area contributed by atoms with Gasteiger partial charge in [-0.2, -0.15) is 5.26 Å². The Morgan fingerprint density at radius 3 is 2.30 bits per heavy atom. The molecule has 1 amide bonds. The average molecular weight is 526 g/mol. The second-order valence-electron chi connectivity index (χ2n) is 11.7.